The van der Waals surface area contributed by atoms with Crippen molar-refractivity contribution in [3.05, 3.63) is 34.6 Å². The van der Waals surface area contributed by atoms with Gasteiger partial charge in [-0.05, 0) is 47.0 Å². The Morgan fingerprint density at radius 2 is 2.13 bits per heavy atom. The molecule has 1 aromatic rings. The Morgan fingerprint density at radius 1 is 1.39 bits per heavy atom. The third-order valence-electron chi connectivity index (χ3n) is 5.03. The number of rotatable bonds is 2. The maximum atomic E-state index is 14.3. The molecule has 0 radical (unpaired) electrons. The van der Waals surface area contributed by atoms with E-state index in [0.29, 0.717) is 5.69 Å². The van der Waals surface area contributed by atoms with Crippen molar-refractivity contribution in [2.45, 2.75) is 32.3 Å². The van der Waals surface area contributed by atoms with Crippen molar-refractivity contribution in [3.8, 4) is 0 Å². The molecule has 0 bridgehead atoms. The molecule has 0 amide bonds. The average Bonchev–Trinajstić information content (AvgIpc) is 2.75. The number of ether oxygens (including phenoxy) is 1. The van der Waals surface area contributed by atoms with Crippen LogP contribution in [0.1, 0.15) is 26.0 Å². The van der Waals surface area contributed by atoms with E-state index in [1.54, 1.807) is 32.2 Å². The first-order chi connectivity index (χ1) is 10.8. The summed E-state index contributed by atoms with van der Waals surface area (Å²) in [5.41, 5.74) is 0.698. The van der Waals surface area contributed by atoms with Crippen molar-refractivity contribution in [2.24, 2.45) is 23.7 Å². The molecule has 1 aliphatic carbocycles. The SMILES string of the molecule is C[C@H]1OC(=O)[C@@H]2CC(F)(F)[C@@H](C)[C@H](C=Cc3ccc(Br)cn3)[C@H]12. The fourth-order valence-corrected chi connectivity index (χ4v) is 3.95. The summed E-state index contributed by atoms with van der Waals surface area (Å²) in [5, 5.41) is 0. The number of nitrogens with zero attached hydrogens (tertiary/aromatic N) is 1. The highest BCUT2D eigenvalue weighted by atomic mass is 79.9. The van der Waals surface area contributed by atoms with E-state index in [1.807, 2.05) is 12.1 Å². The predicted molar refractivity (Wildman–Crippen MR) is 85.7 cm³/mol. The Bertz CT molecular complexity index is 632. The first-order valence-corrected chi connectivity index (χ1v) is 8.47. The molecular weight excluding hydrogens is 368 g/mol. The second-order valence-corrected chi connectivity index (χ2v) is 7.33. The van der Waals surface area contributed by atoms with E-state index >= 15 is 0 Å². The molecule has 0 aromatic carbocycles. The van der Waals surface area contributed by atoms with Gasteiger partial charge in [-0.15, -0.1) is 0 Å². The third kappa shape index (κ3) is 3.05. The maximum absolute atomic E-state index is 14.3. The number of cyclic esters (lactones) is 1. The highest BCUT2D eigenvalue weighted by Crippen LogP contribution is 2.52. The van der Waals surface area contributed by atoms with Crippen LogP contribution < -0.4 is 0 Å². The van der Waals surface area contributed by atoms with E-state index in [9.17, 15) is 13.6 Å². The summed E-state index contributed by atoms with van der Waals surface area (Å²) in [4.78, 5) is 16.1. The van der Waals surface area contributed by atoms with E-state index in [2.05, 4.69) is 20.9 Å². The first kappa shape index (κ1) is 16.6. The zero-order valence-electron chi connectivity index (χ0n) is 12.9. The van der Waals surface area contributed by atoms with Crippen LogP contribution in [0, 0.1) is 23.7 Å². The van der Waals surface area contributed by atoms with Gasteiger partial charge in [0.05, 0.1) is 11.6 Å². The zero-order valence-corrected chi connectivity index (χ0v) is 14.5. The number of halogens is 3. The molecule has 0 spiro atoms. The Morgan fingerprint density at radius 3 is 2.78 bits per heavy atom. The van der Waals surface area contributed by atoms with Crippen LogP contribution in [-0.2, 0) is 9.53 Å². The summed E-state index contributed by atoms with van der Waals surface area (Å²) < 4.78 is 34.7. The van der Waals surface area contributed by atoms with Gasteiger partial charge in [0, 0.05) is 28.9 Å². The normalized spacial score (nSPS) is 36.0. The molecule has 1 saturated carbocycles. The van der Waals surface area contributed by atoms with Gasteiger partial charge in [-0.1, -0.05) is 13.0 Å². The summed E-state index contributed by atoms with van der Waals surface area (Å²) in [5.74, 6) is -5.54. The summed E-state index contributed by atoms with van der Waals surface area (Å²) in [6, 6.07) is 3.66. The smallest absolute Gasteiger partial charge is 0.309 e. The van der Waals surface area contributed by atoms with E-state index in [4.69, 9.17) is 4.74 Å². The number of carbonyl (C=O) groups excluding carboxylic acids is 1. The Hall–Kier alpha value is -1.30. The Labute approximate surface area is 142 Å². The lowest BCUT2D eigenvalue weighted by molar-refractivity contribution is -0.152. The Kier molecular flexibility index (Phi) is 4.29. The molecule has 1 aromatic heterocycles. The molecule has 2 aliphatic rings. The molecule has 2 fully saturated rings. The molecule has 5 atom stereocenters. The van der Waals surface area contributed by atoms with Gasteiger partial charge in [-0.25, -0.2) is 8.78 Å². The highest BCUT2D eigenvalue weighted by Gasteiger charge is 2.59. The molecule has 124 valence electrons. The van der Waals surface area contributed by atoms with Crippen molar-refractivity contribution >= 4 is 28.0 Å². The largest absolute Gasteiger partial charge is 0.462 e. The number of fused-ring (bicyclic) bond motifs is 1. The standard InChI is InChI=1S/C17H18BrF2NO2/c1-9-13(6-5-12-4-3-11(18)8-21-12)15-10(2)23-16(22)14(15)7-17(9,19)20/h3-6,8-10,13-15H,7H2,1-2H3/t9-,10+,13-,14+,15-/m0/s1. The fourth-order valence-electron chi connectivity index (χ4n) is 3.72. The lowest BCUT2D eigenvalue weighted by Gasteiger charge is -2.41. The number of hydrogen-bond donors (Lipinski definition) is 0. The van der Waals surface area contributed by atoms with Gasteiger partial charge in [-0.2, -0.15) is 0 Å². The van der Waals surface area contributed by atoms with Crippen molar-refractivity contribution in [3.63, 3.8) is 0 Å². The lowest BCUT2D eigenvalue weighted by atomic mass is 9.64. The van der Waals surface area contributed by atoms with Gasteiger partial charge in [0.1, 0.15) is 6.10 Å². The molecule has 0 N–H and O–H groups in total. The van der Waals surface area contributed by atoms with Crippen molar-refractivity contribution in [1.29, 1.82) is 0 Å². The van der Waals surface area contributed by atoms with Crippen LogP contribution in [0.25, 0.3) is 6.08 Å². The van der Waals surface area contributed by atoms with E-state index in [-0.39, 0.29) is 12.0 Å². The van der Waals surface area contributed by atoms with Crippen molar-refractivity contribution in [1.82, 2.24) is 4.98 Å². The number of alkyl halides is 2. The number of carbonyl (C=O) groups is 1. The summed E-state index contributed by atoms with van der Waals surface area (Å²) >= 11 is 3.31. The fraction of sp³-hybridized carbons (Fsp3) is 0.529. The van der Waals surface area contributed by atoms with Crippen LogP contribution in [0.15, 0.2) is 28.9 Å². The molecule has 6 heteroatoms. The van der Waals surface area contributed by atoms with Gasteiger partial charge in [0.2, 0.25) is 0 Å². The van der Waals surface area contributed by atoms with Gasteiger partial charge >= 0.3 is 5.97 Å². The number of hydrogen-bond acceptors (Lipinski definition) is 3. The van der Waals surface area contributed by atoms with Gasteiger partial charge in [-0.3, -0.25) is 9.78 Å². The lowest BCUT2D eigenvalue weighted by Crippen LogP contribution is -2.46. The molecule has 3 rings (SSSR count). The Balaban J connectivity index is 1.90. The van der Waals surface area contributed by atoms with Crippen LogP contribution in [0.2, 0.25) is 0 Å². The maximum Gasteiger partial charge on any atom is 0.309 e. The predicted octanol–water partition coefficient (Wildman–Crippen LogP) is 4.33. The molecule has 2 heterocycles. The van der Waals surface area contributed by atoms with E-state index in [1.165, 1.54) is 0 Å². The number of aromatic nitrogens is 1. The van der Waals surface area contributed by atoms with Crippen LogP contribution in [0.4, 0.5) is 8.78 Å². The zero-order chi connectivity index (χ0) is 16.8. The summed E-state index contributed by atoms with van der Waals surface area (Å²) in [6.45, 7) is 3.34. The second kappa shape index (κ2) is 5.96. The number of allylic oxidation sites excluding steroid dienone is 1. The van der Waals surface area contributed by atoms with E-state index in [0.717, 1.165) is 4.47 Å². The minimum Gasteiger partial charge on any atom is -0.462 e. The quantitative estimate of drug-likeness (QED) is 0.711. The molecule has 23 heavy (non-hydrogen) atoms. The number of pyridine rings is 1. The van der Waals surface area contributed by atoms with Crippen LogP contribution in [0.3, 0.4) is 0 Å². The molecular formula is C17H18BrF2NO2. The minimum atomic E-state index is -2.87. The monoisotopic (exact) mass is 385 g/mol. The highest BCUT2D eigenvalue weighted by molar-refractivity contribution is 9.10. The molecule has 1 saturated heterocycles. The van der Waals surface area contributed by atoms with Crippen LogP contribution >= 0.6 is 15.9 Å². The van der Waals surface area contributed by atoms with Gasteiger partial charge in [0.25, 0.3) is 5.92 Å². The van der Waals surface area contributed by atoms with Crippen LogP contribution in [0.5, 0.6) is 0 Å². The van der Waals surface area contributed by atoms with Crippen LogP contribution in [-0.4, -0.2) is 23.0 Å². The topological polar surface area (TPSA) is 39.2 Å². The van der Waals surface area contributed by atoms with Crippen molar-refractivity contribution in [2.75, 3.05) is 0 Å². The number of esters is 1. The second-order valence-electron chi connectivity index (χ2n) is 6.42. The first-order valence-electron chi connectivity index (χ1n) is 7.67. The molecule has 0 unspecified atom stereocenters. The average molecular weight is 386 g/mol. The molecule has 3 nitrogen and oxygen atoms in total. The summed E-state index contributed by atoms with van der Waals surface area (Å²) in [6.07, 6.45) is 4.43. The third-order valence-corrected chi connectivity index (χ3v) is 5.50. The van der Waals surface area contributed by atoms with Gasteiger partial charge in [0.15, 0.2) is 0 Å². The molecule has 1 aliphatic heterocycles. The van der Waals surface area contributed by atoms with Gasteiger partial charge < -0.3 is 4.74 Å². The summed E-state index contributed by atoms with van der Waals surface area (Å²) in [7, 11) is 0. The minimum absolute atomic E-state index is 0.205. The van der Waals surface area contributed by atoms with Crippen molar-refractivity contribution < 1.29 is 18.3 Å². The van der Waals surface area contributed by atoms with E-state index < -0.39 is 36.1 Å².